The van der Waals surface area contributed by atoms with Crippen molar-refractivity contribution in [2.45, 2.75) is 19.8 Å². The Morgan fingerprint density at radius 3 is 2.84 bits per heavy atom. The summed E-state index contributed by atoms with van der Waals surface area (Å²) in [6.07, 6.45) is 5.80. The molecule has 0 bridgehead atoms. The lowest BCUT2D eigenvalue weighted by Crippen LogP contribution is -2.25. The largest absolute Gasteiger partial charge is 0.508 e. The molecule has 0 amide bonds. The Bertz CT molecular complexity index is 1300. The number of nitrogens with zero attached hydrogens (tertiary/aromatic N) is 3. The van der Waals surface area contributed by atoms with Gasteiger partial charge in [-0.25, -0.2) is 9.37 Å². The zero-order valence-corrected chi connectivity index (χ0v) is 17.5. The van der Waals surface area contributed by atoms with E-state index in [-0.39, 0.29) is 11.6 Å². The maximum absolute atomic E-state index is 15.5. The molecule has 1 aliphatic heterocycles. The van der Waals surface area contributed by atoms with Crippen LogP contribution >= 0.6 is 0 Å². The Morgan fingerprint density at radius 2 is 2.03 bits per heavy atom. The summed E-state index contributed by atoms with van der Waals surface area (Å²) in [6, 6.07) is 8.65. The standard InChI is InChI=1S/C24H24FN5O/c1-3-14-11-16(31)6-7-17(14)18-8-9-19-22(21(18)25)28-29-23(19)24-26-12-20(27-24)15-5-4-10-30(2)13-15/h5-9,11-12,31H,3-4,10,13H2,1-2H3,(H,26,27)(H,28,29). The van der Waals surface area contributed by atoms with Gasteiger partial charge in [-0.1, -0.05) is 25.1 Å². The number of benzene rings is 2. The average molecular weight is 417 g/mol. The van der Waals surface area contributed by atoms with Gasteiger partial charge in [0, 0.05) is 30.2 Å². The van der Waals surface area contributed by atoms with Crippen LogP contribution in [0.2, 0.25) is 0 Å². The molecule has 158 valence electrons. The maximum atomic E-state index is 15.5. The molecule has 0 radical (unpaired) electrons. The summed E-state index contributed by atoms with van der Waals surface area (Å²) in [4.78, 5) is 10.2. The lowest BCUT2D eigenvalue weighted by Gasteiger charge is -2.21. The lowest BCUT2D eigenvalue weighted by molar-refractivity contribution is 0.372. The molecule has 0 atom stereocenters. The summed E-state index contributed by atoms with van der Waals surface area (Å²) in [7, 11) is 2.10. The number of phenolic OH excluding ortho intramolecular Hbond substituents is 1. The summed E-state index contributed by atoms with van der Waals surface area (Å²) in [5, 5.41) is 17.7. The Labute approximate surface area is 179 Å². The summed E-state index contributed by atoms with van der Waals surface area (Å²) < 4.78 is 15.5. The van der Waals surface area contributed by atoms with E-state index in [2.05, 4.69) is 33.2 Å². The summed E-state index contributed by atoms with van der Waals surface area (Å²) in [5.74, 6) is 0.431. The van der Waals surface area contributed by atoms with Crippen LogP contribution in [0.4, 0.5) is 4.39 Å². The normalized spacial score (nSPS) is 14.9. The van der Waals surface area contributed by atoms with E-state index in [1.807, 2.05) is 19.2 Å². The first-order valence-electron chi connectivity index (χ1n) is 10.5. The predicted octanol–water partition coefficient (Wildman–Crippen LogP) is 4.75. The van der Waals surface area contributed by atoms with E-state index < -0.39 is 0 Å². The second-order valence-corrected chi connectivity index (χ2v) is 8.01. The van der Waals surface area contributed by atoms with Gasteiger partial charge in [-0.2, -0.15) is 5.10 Å². The molecule has 0 fully saturated rings. The molecule has 0 aliphatic carbocycles. The molecule has 2 aromatic carbocycles. The summed E-state index contributed by atoms with van der Waals surface area (Å²) >= 11 is 0. The first-order chi connectivity index (χ1) is 15.0. The van der Waals surface area contributed by atoms with Crippen LogP contribution in [-0.4, -0.2) is 50.3 Å². The molecule has 0 saturated heterocycles. The van der Waals surface area contributed by atoms with Gasteiger partial charge in [0.1, 0.15) is 17.0 Å². The molecule has 0 unspecified atom stereocenters. The molecule has 31 heavy (non-hydrogen) atoms. The first-order valence-corrected chi connectivity index (χ1v) is 10.5. The van der Waals surface area contributed by atoms with Crippen LogP contribution < -0.4 is 0 Å². The monoisotopic (exact) mass is 417 g/mol. The summed E-state index contributed by atoms with van der Waals surface area (Å²) in [5.41, 5.74) is 5.16. The van der Waals surface area contributed by atoms with Crippen molar-refractivity contribution < 1.29 is 9.50 Å². The third-order valence-electron chi connectivity index (χ3n) is 5.91. The minimum absolute atomic E-state index is 0.179. The van der Waals surface area contributed by atoms with E-state index in [0.29, 0.717) is 34.4 Å². The Morgan fingerprint density at radius 1 is 1.19 bits per heavy atom. The fraction of sp³-hybridized carbons (Fsp3) is 0.250. The third kappa shape index (κ3) is 3.41. The van der Waals surface area contributed by atoms with Gasteiger partial charge >= 0.3 is 0 Å². The number of H-pyrrole nitrogens is 2. The van der Waals surface area contributed by atoms with Crippen molar-refractivity contribution in [1.29, 1.82) is 0 Å². The fourth-order valence-electron chi connectivity index (χ4n) is 4.27. The number of aryl methyl sites for hydroxylation is 1. The van der Waals surface area contributed by atoms with E-state index in [0.717, 1.165) is 36.3 Å². The number of nitrogens with one attached hydrogen (secondary N) is 2. The highest BCUT2D eigenvalue weighted by atomic mass is 19.1. The molecule has 0 saturated carbocycles. The van der Waals surface area contributed by atoms with Gasteiger partial charge in [0.2, 0.25) is 0 Å². The van der Waals surface area contributed by atoms with Crippen LogP contribution in [-0.2, 0) is 6.42 Å². The number of hydrogen-bond acceptors (Lipinski definition) is 4. The zero-order valence-electron chi connectivity index (χ0n) is 17.5. The summed E-state index contributed by atoms with van der Waals surface area (Å²) in [6.45, 7) is 3.89. The highest BCUT2D eigenvalue weighted by molar-refractivity contribution is 5.95. The minimum Gasteiger partial charge on any atom is -0.508 e. The molecule has 4 aromatic rings. The molecule has 7 heteroatoms. The van der Waals surface area contributed by atoms with Crippen LogP contribution in [0.3, 0.4) is 0 Å². The quantitative estimate of drug-likeness (QED) is 0.448. The number of rotatable bonds is 4. The van der Waals surface area contributed by atoms with Crippen LogP contribution in [0.25, 0.3) is 39.1 Å². The number of likely N-dealkylation sites (N-methyl/N-ethyl adjacent to an activating group) is 1. The van der Waals surface area contributed by atoms with Gasteiger partial charge in [-0.05, 0) is 54.8 Å². The van der Waals surface area contributed by atoms with E-state index in [1.165, 1.54) is 5.57 Å². The zero-order chi connectivity index (χ0) is 21.5. The van der Waals surface area contributed by atoms with E-state index >= 15 is 4.39 Å². The molecule has 1 aliphatic rings. The SMILES string of the molecule is CCc1cc(O)ccc1-c1ccc2c(-c3nc(C4=CCCN(C)C4)c[nH]3)n[nH]c2c1F. The van der Waals surface area contributed by atoms with Crippen LogP contribution in [0.1, 0.15) is 24.6 Å². The van der Waals surface area contributed by atoms with E-state index in [4.69, 9.17) is 4.98 Å². The average Bonchev–Trinajstić information content (AvgIpc) is 3.42. The van der Waals surface area contributed by atoms with Crippen LogP contribution in [0, 0.1) is 5.82 Å². The number of fused-ring (bicyclic) bond motifs is 1. The first kappa shape index (κ1) is 19.5. The highest BCUT2D eigenvalue weighted by Crippen LogP contribution is 2.35. The highest BCUT2D eigenvalue weighted by Gasteiger charge is 2.20. The Kier molecular flexibility index (Phi) is 4.82. The molecule has 3 N–H and O–H groups in total. The number of aromatic amines is 2. The van der Waals surface area contributed by atoms with Gasteiger partial charge < -0.3 is 15.0 Å². The number of halogens is 1. The van der Waals surface area contributed by atoms with Gasteiger partial charge in [-0.3, -0.25) is 5.10 Å². The number of phenols is 1. The van der Waals surface area contributed by atoms with Crippen molar-refractivity contribution in [3.63, 3.8) is 0 Å². The molecule has 3 heterocycles. The van der Waals surface area contributed by atoms with Gasteiger partial charge in [0.05, 0.1) is 5.69 Å². The van der Waals surface area contributed by atoms with E-state index in [9.17, 15) is 5.11 Å². The molecule has 2 aromatic heterocycles. The molecule has 0 spiro atoms. The van der Waals surface area contributed by atoms with Crippen molar-refractivity contribution in [2.24, 2.45) is 0 Å². The van der Waals surface area contributed by atoms with Gasteiger partial charge in [0.25, 0.3) is 0 Å². The predicted molar refractivity (Wildman–Crippen MR) is 120 cm³/mol. The number of aromatic nitrogens is 4. The van der Waals surface area contributed by atoms with Crippen molar-refractivity contribution in [3.05, 3.63) is 59.7 Å². The topological polar surface area (TPSA) is 80.8 Å². The molecule has 6 nitrogen and oxygen atoms in total. The maximum Gasteiger partial charge on any atom is 0.159 e. The number of imidazole rings is 1. The Hall–Kier alpha value is -3.45. The van der Waals surface area contributed by atoms with Gasteiger partial charge in [-0.15, -0.1) is 0 Å². The van der Waals surface area contributed by atoms with E-state index in [1.54, 1.807) is 24.3 Å². The second kappa shape index (κ2) is 7.67. The fourth-order valence-corrected chi connectivity index (χ4v) is 4.27. The van der Waals surface area contributed by atoms with Crippen molar-refractivity contribution in [1.82, 2.24) is 25.1 Å². The molecular formula is C24H24FN5O. The van der Waals surface area contributed by atoms with Gasteiger partial charge in [0.15, 0.2) is 11.6 Å². The smallest absolute Gasteiger partial charge is 0.159 e. The Balaban J connectivity index is 1.55. The minimum atomic E-state index is -0.361. The second-order valence-electron chi connectivity index (χ2n) is 8.01. The lowest BCUT2D eigenvalue weighted by atomic mass is 9.96. The number of hydrogen-bond donors (Lipinski definition) is 3. The van der Waals surface area contributed by atoms with Crippen LogP contribution in [0.5, 0.6) is 5.75 Å². The van der Waals surface area contributed by atoms with Crippen molar-refractivity contribution >= 4 is 16.5 Å². The third-order valence-corrected chi connectivity index (χ3v) is 5.91. The van der Waals surface area contributed by atoms with Crippen LogP contribution in [0.15, 0.2) is 42.6 Å². The molecule has 5 rings (SSSR count). The van der Waals surface area contributed by atoms with Crippen molar-refractivity contribution in [2.75, 3.05) is 20.1 Å². The number of aromatic hydroxyl groups is 1. The molecular weight excluding hydrogens is 393 g/mol. The van der Waals surface area contributed by atoms with Crippen molar-refractivity contribution in [3.8, 4) is 28.4 Å².